The number of aliphatic imine (C=N–C) groups is 1. The third kappa shape index (κ3) is 2.92. The van der Waals surface area contributed by atoms with Crippen molar-refractivity contribution in [2.45, 2.75) is 25.2 Å². The van der Waals surface area contributed by atoms with Crippen LogP contribution in [0.3, 0.4) is 0 Å². The molecular weight excluding hydrogens is 307 g/mol. The molecule has 2 N–H and O–H groups in total. The molecule has 0 radical (unpaired) electrons. The molecule has 3 rings (SSSR count). The molecule has 0 saturated carbocycles. The van der Waals surface area contributed by atoms with E-state index >= 15 is 0 Å². The van der Waals surface area contributed by atoms with Gasteiger partial charge in [0.15, 0.2) is 5.82 Å². The molecular formula is C16H14F3N3O. The number of pyridine rings is 1. The summed E-state index contributed by atoms with van der Waals surface area (Å²) in [5.41, 5.74) is -1.23. The molecule has 2 aromatic rings. The van der Waals surface area contributed by atoms with Gasteiger partial charge in [0, 0.05) is 12.6 Å². The van der Waals surface area contributed by atoms with E-state index in [2.05, 4.69) is 15.3 Å². The second-order valence-corrected chi connectivity index (χ2v) is 5.46. The number of anilines is 1. The van der Waals surface area contributed by atoms with E-state index in [1.54, 1.807) is 36.4 Å². The van der Waals surface area contributed by atoms with Crippen LogP contribution < -0.4 is 5.32 Å². The number of aryl methyl sites for hydroxylation is 1. The van der Waals surface area contributed by atoms with Gasteiger partial charge in [-0.05, 0) is 24.6 Å². The predicted octanol–water partition coefficient (Wildman–Crippen LogP) is 3.58. The highest BCUT2D eigenvalue weighted by molar-refractivity contribution is 6.04. The highest BCUT2D eigenvalue weighted by Crippen LogP contribution is 2.39. The van der Waals surface area contributed by atoms with E-state index in [0.717, 1.165) is 5.56 Å². The fourth-order valence-corrected chi connectivity index (χ4v) is 2.33. The van der Waals surface area contributed by atoms with Crippen LogP contribution in [0.4, 0.5) is 24.7 Å². The second-order valence-electron chi connectivity index (χ2n) is 5.46. The van der Waals surface area contributed by atoms with E-state index < -0.39 is 18.3 Å². The summed E-state index contributed by atoms with van der Waals surface area (Å²) < 4.78 is 40.1. The molecule has 1 aliphatic rings. The van der Waals surface area contributed by atoms with Crippen LogP contribution in [0.2, 0.25) is 0 Å². The number of fused-ring (bicyclic) bond motifs is 1. The lowest BCUT2D eigenvalue weighted by Gasteiger charge is -2.30. The monoisotopic (exact) mass is 321 g/mol. The Bertz CT molecular complexity index is 756. The number of alkyl halides is 3. The van der Waals surface area contributed by atoms with Gasteiger partial charge in [0.2, 0.25) is 5.72 Å². The average Bonchev–Trinajstić information content (AvgIpc) is 2.64. The second kappa shape index (κ2) is 5.34. The summed E-state index contributed by atoms with van der Waals surface area (Å²) in [6.07, 6.45) is -4.25. The van der Waals surface area contributed by atoms with Gasteiger partial charge < -0.3 is 10.4 Å². The third-order valence-corrected chi connectivity index (χ3v) is 3.64. The summed E-state index contributed by atoms with van der Waals surface area (Å²) in [4.78, 5) is 8.13. The van der Waals surface area contributed by atoms with Crippen LogP contribution in [0.5, 0.6) is 0 Å². The molecule has 0 bridgehead atoms. The van der Waals surface area contributed by atoms with Crippen molar-refractivity contribution < 1.29 is 18.3 Å². The van der Waals surface area contributed by atoms with Gasteiger partial charge in [-0.25, -0.2) is 9.98 Å². The number of hydrogen-bond donors (Lipinski definition) is 2. The zero-order valence-corrected chi connectivity index (χ0v) is 12.2. The van der Waals surface area contributed by atoms with Gasteiger partial charge in [-0.1, -0.05) is 29.8 Å². The summed E-state index contributed by atoms with van der Waals surface area (Å²) in [7, 11) is 0. The van der Waals surface area contributed by atoms with Crippen molar-refractivity contribution in [1.29, 1.82) is 0 Å². The molecule has 1 atom stereocenters. The van der Waals surface area contributed by atoms with E-state index in [-0.39, 0.29) is 17.2 Å². The number of rotatable bonds is 1. The van der Waals surface area contributed by atoms with Crippen LogP contribution in [-0.2, 0) is 0 Å². The minimum atomic E-state index is -4.88. The van der Waals surface area contributed by atoms with Crippen LogP contribution in [0, 0.1) is 6.92 Å². The number of halogens is 3. The maximum Gasteiger partial charge on any atom is 0.436 e. The Morgan fingerprint density at radius 2 is 1.87 bits per heavy atom. The minimum Gasteiger partial charge on any atom is -0.363 e. The number of hydrogen-bond acceptors (Lipinski definition) is 4. The van der Waals surface area contributed by atoms with Crippen LogP contribution >= 0.6 is 0 Å². The minimum absolute atomic E-state index is 0.102. The van der Waals surface area contributed by atoms with Gasteiger partial charge in [0.25, 0.3) is 0 Å². The van der Waals surface area contributed by atoms with Crippen molar-refractivity contribution >= 4 is 17.2 Å². The Kier molecular flexibility index (Phi) is 3.60. The van der Waals surface area contributed by atoms with Crippen LogP contribution in [0.15, 0.2) is 47.6 Å². The van der Waals surface area contributed by atoms with Gasteiger partial charge >= 0.3 is 6.18 Å². The maximum atomic E-state index is 13.4. The lowest BCUT2D eigenvalue weighted by atomic mass is 9.99. The summed E-state index contributed by atoms with van der Waals surface area (Å²) in [6.45, 7) is 1.88. The Balaban J connectivity index is 2.14. The Morgan fingerprint density at radius 1 is 1.17 bits per heavy atom. The zero-order chi connectivity index (χ0) is 16.7. The van der Waals surface area contributed by atoms with E-state index in [4.69, 9.17) is 0 Å². The third-order valence-electron chi connectivity index (χ3n) is 3.64. The molecule has 23 heavy (non-hydrogen) atoms. The molecule has 120 valence electrons. The largest absolute Gasteiger partial charge is 0.436 e. The van der Waals surface area contributed by atoms with Crippen molar-refractivity contribution in [2.75, 3.05) is 5.32 Å². The number of aromatic nitrogens is 1. The summed E-state index contributed by atoms with van der Waals surface area (Å²) in [5.74, 6) is -0.102. The van der Waals surface area contributed by atoms with Crippen molar-refractivity contribution in [2.24, 2.45) is 4.99 Å². The molecule has 1 aliphatic heterocycles. The van der Waals surface area contributed by atoms with E-state index in [0.29, 0.717) is 5.56 Å². The molecule has 0 amide bonds. The van der Waals surface area contributed by atoms with E-state index in [1.807, 2.05) is 6.92 Å². The van der Waals surface area contributed by atoms with Crippen molar-refractivity contribution in [3.63, 3.8) is 0 Å². The number of aliphatic hydroxyl groups is 1. The van der Waals surface area contributed by atoms with Gasteiger partial charge in [0.05, 0.1) is 5.71 Å². The highest BCUT2D eigenvalue weighted by atomic mass is 19.4. The smallest absolute Gasteiger partial charge is 0.363 e. The van der Waals surface area contributed by atoms with Gasteiger partial charge in [-0.15, -0.1) is 0 Å². The molecule has 0 saturated heterocycles. The van der Waals surface area contributed by atoms with Gasteiger partial charge in [-0.2, -0.15) is 13.2 Å². The summed E-state index contributed by atoms with van der Waals surface area (Å²) >= 11 is 0. The lowest BCUT2D eigenvalue weighted by molar-refractivity contribution is -0.245. The summed E-state index contributed by atoms with van der Waals surface area (Å²) in [5, 5.41) is 12.3. The van der Waals surface area contributed by atoms with Crippen LogP contribution in [-0.4, -0.2) is 27.7 Å². The highest BCUT2D eigenvalue weighted by Gasteiger charge is 2.55. The number of benzene rings is 1. The first-order valence-electron chi connectivity index (χ1n) is 6.95. The Morgan fingerprint density at radius 3 is 2.52 bits per heavy atom. The molecule has 1 aromatic heterocycles. The van der Waals surface area contributed by atoms with Crippen molar-refractivity contribution in [1.82, 2.24) is 4.98 Å². The topological polar surface area (TPSA) is 57.5 Å². The maximum absolute atomic E-state index is 13.4. The first-order valence-corrected chi connectivity index (χ1v) is 6.95. The molecule has 7 heteroatoms. The molecule has 4 nitrogen and oxygen atoms in total. The lowest BCUT2D eigenvalue weighted by Crippen LogP contribution is -2.53. The van der Waals surface area contributed by atoms with Gasteiger partial charge in [0.1, 0.15) is 5.69 Å². The Hall–Kier alpha value is -2.41. The van der Waals surface area contributed by atoms with Crippen molar-refractivity contribution in [3.05, 3.63) is 53.7 Å². The fourth-order valence-electron chi connectivity index (χ4n) is 2.33. The SMILES string of the molecule is Cc1ccc(C2=Nc3cccnc3NC(O)(C(F)(F)F)C2)cc1. The first kappa shape index (κ1) is 15.5. The molecule has 0 aliphatic carbocycles. The van der Waals surface area contributed by atoms with E-state index in [9.17, 15) is 18.3 Å². The normalized spacial score (nSPS) is 21.0. The van der Waals surface area contributed by atoms with Crippen molar-refractivity contribution in [3.8, 4) is 0 Å². The number of nitrogens with one attached hydrogen (secondary N) is 1. The first-order chi connectivity index (χ1) is 10.8. The molecule has 1 aromatic carbocycles. The molecule has 0 spiro atoms. The standard InChI is InChI=1S/C16H14F3N3O/c1-10-4-6-11(7-5-10)13-9-15(23,16(17,18)19)22-14-12(21-13)3-2-8-20-14/h2-8,23H,9H2,1H3,(H,20,22). The predicted molar refractivity (Wildman–Crippen MR) is 80.9 cm³/mol. The van der Waals surface area contributed by atoms with Crippen LogP contribution in [0.25, 0.3) is 0 Å². The molecule has 2 heterocycles. The van der Waals surface area contributed by atoms with Crippen LogP contribution in [0.1, 0.15) is 17.5 Å². The zero-order valence-electron chi connectivity index (χ0n) is 12.2. The molecule has 1 unspecified atom stereocenters. The van der Waals surface area contributed by atoms with E-state index in [1.165, 1.54) is 6.20 Å². The van der Waals surface area contributed by atoms with Gasteiger partial charge in [-0.3, -0.25) is 0 Å². The summed E-state index contributed by atoms with van der Waals surface area (Å²) in [6, 6.07) is 10.1. The number of nitrogens with zero attached hydrogens (tertiary/aromatic N) is 2. The molecule has 0 fully saturated rings. The Labute approximate surface area is 130 Å². The fraction of sp³-hybridized carbons (Fsp3) is 0.250. The average molecular weight is 321 g/mol. The quantitative estimate of drug-likeness (QED) is 0.844.